The van der Waals surface area contributed by atoms with E-state index in [1.165, 1.54) is 15.3 Å². The first-order valence-electron chi connectivity index (χ1n) is 7.67. The first kappa shape index (κ1) is 21.1. The summed E-state index contributed by atoms with van der Waals surface area (Å²) in [5.41, 5.74) is -1.49. The van der Waals surface area contributed by atoms with Crippen molar-refractivity contribution in [3.05, 3.63) is 23.3 Å². The molecule has 1 rings (SSSR count). The average Bonchev–Trinajstić information content (AvgIpc) is 2.50. The number of amides is 1. The van der Waals surface area contributed by atoms with E-state index in [0.29, 0.717) is 16.8 Å². The maximum absolute atomic E-state index is 12.9. The fourth-order valence-electron chi connectivity index (χ4n) is 2.42. The Labute approximate surface area is 148 Å². The molecule has 0 aromatic heterocycles. The molecule has 8 heteroatoms. The van der Waals surface area contributed by atoms with Crippen LogP contribution in [0.4, 0.5) is 14.5 Å². The van der Waals surface area contributed by atoms with Gasteiger partial charge in [0, 0.05) is 17.3 Å². The molecular weight excluding hydrogens is 359 g/mol. The third kappa shape index (κ3) is 6.50. The van der Waals surface area contributed by atoms with Crippen molar-refractivity contribution >= 4 is 32.4 Å². The van der Waals surface area contributed by atoms with E-state index < -0.39 is 18.2 Å². The van der Waals surface area contributed by atoms with E-state index in [4.69, 9.17) is 16.3 Å². The van der Waals surface area contributed by atoms with Crippen molar-refractivity contribution in [3.8, 4) is 5.75 Å². The van der Waals surface area contributed by atoms with E-state index in [2.05, 4.69) is 5.32 Å². The Hall–Kier alpha value is -0.970. The highest BCUT2D eigenvalue weighted by Crippen LogP contribution is 2.35. The van der Waals surface area contributed by atoms with E-state index in [1.54, 1.807) is 6.07 Å². The van der Waals surface area contributed by atoms with Crippen LogP contribution < -0.4 is 5.32 Å². The fraction of sp³-hybridized carbons (Fsp3) is 0.562. The van der Waals surface area contributed by atoms with Crippen LogP contribution in [0, 0.1) is 0 Å². The molecule has 1 aromatic carbocycles. The molecular formula is C16H23ClF2NO3P. The number of anilines is 1. The number of nitrogens with one attached hydrogen (secondary N) is 1. The minimum Gasteiger partial charge on any atom is -0.508 e. The molecule has 0 radical (unpaired) electrons. The van der Waals surface area contributed by atoms with E-state index in [1.807, 2.05) is 13.8 Å². The predicted octanol–water partition coefficient (Wildman–Crippen LogP) is 4.46. The van der Waals surface area contributed by atoms with Gasteiger partial charge in [0.05, 0.1) is 6.61 Å². The summed E-state index contributed by atoms with van der Waals surface area (Å²) in [7, 11) is 1.41. The first-order valence-corrected chi connectivity index (χ1v) is 8.79. The molecule has 1 aromatic rings. The molecule has 1 amide bonds. The summed E-state index contributed by atoms with van der Waals surface area (Å²) < 4.78 is 30.8. The highest BCUT2D eigenvalue weighted by atomic mass is 35.5. The van der Waals surface area contributed by atoms with Crippen molar-refractivity contribution in [2.45, 2.75) is 44.9 Å². The Balaban J connectivity index is 3.12. The Morgan fingerprint density at radius 1 is 1.42 bits per heavy atom. The molecule has 4 nitrogen and oxygen atoms in total. The van der Waals surface area contributed by atoms with Gasteiger partial charge in [0.1, 0.15) is 18.2 Å². The lowest BCUT2D eigenvalue weighted by atomic mass is 9.91. The summed E-state index contributed by atoms with van der Waals surface area (Å²) in [5.74, 6) is -0.527. The van der Waals surface area contributed by atoms with E-state index in [9.17, 15) is 18.7 Å². The van der Waals surface area contributed by atoms with Crippen LogP contribution >= 0.6 is 20.8 Å². The van der Waals surface area contributed by atoms with Crippen molar-refractivity contribution in [3.63, 3.8) is 0 Å². The quantitative estimate of drug-likeness (QED) is 0.490. The molecule has 0 bridgehead atoms. The number of phenols is 1. The normalized spacial score (nSPS) is 11.8. The Kier molecular flexibility index (Phi) is 8.34. The number of alkyl halides is 3. The average molecular weight is 382 g/mol. The van der Waals surface area contributed by atoms with E-state index in [-0.39, 0.29) is 24.2 Å². The van der Waals surface area contributed by atoms with Crippen LogP contribution in [-0.4, -0.2) is 29.2 Å². The number of benzene rings is 1. The smallest absolute Gasteiger partial charge is 0.281 e. The lowest BCUT2D eigenvalue weighted by molar-refractivity contribution is -0.113. The van der Waals surface area contributed by atoms with Crippen molar-refractivity contribution in [2.75, 3.05) is 17.8 Å². The number of hydrogen-bond donors (Lipinski definition) is 2. The molecule has 0 spiro atoms. The molecule has 0 saturated heterocycles. The summed E-state index contributed by atoms with van der Waals surface area (Å²) in [6, 6.07) is 3.10. The Bertz CT molecular complexity index is 563. The standard InChI is InChI=1S/C16H23ClF2NO3P/c1-3-10(4-2)12-5-11(8-23-9-16(18,19)24)13(6-14(12)21)20-15(22)7-17/h5-6,10,21H,3-4,7-9,24H2,1-2H3,(H,20,22). The second-order valence-electron chi connectivity index (χ2n) is 5.52. The van der Waals surface area contributed by atoms with Crippen LogP contribution in [0.1, 0.15) is 43.7 Å². The molecule has 0 saturated carbocycles. The monoisotopic (exact) mass is 381 g/mol. The maximum Gasteiger partial charge on any atom is 0.281 e. The summed E-state index contributed by atoms with van der Waals surface area (Å²) in [6.45, 7) is 3.13. The largest absolute Gasteiger partial charge is 0.508 e. The van der Waals surface area contributed by atoms with Gasteiger partial charge in [0.2, 0.25) is 5.91 Å². The zero-order valence-electron chi connectivity index (χ0n) is 13.7. The Morgan fingerprint density at radius 3 is 2.54 bits per heavy atom. The number of ether oxygens (including phenoxy) is 1. The number of rotatable bonds is 9. The number of carbonyl (C=O) groups is 1. The summed E-state index contributed by atoms with van der Waals surface area (Å²) in [6.07, 6.45) is 1.64. The van der Waals surface area contributed by atoms with Crippen LogP contribution in [0.3, 0.4) is 0 Å². The molecule has 136 valence electrons. The molecule has 2 N–H and O–H groups in total. The number of halogens is 3. The number of hydrogen-bond acceptors (Lipinski definition) is 3. The van der Waals surface area contributed by atoms with Gasteiger partial charge in [-0.3, -0.25) is 4.79 Å². The van der Waals surface area contributed by atoms with Crippen LogP contribution in [0.25, 0.3) is 0 Å². The first-order chi connectivity index (χ1) is 11.2. The number of aromatic hydroxyl groups is 1. The van der Waals surface area contributed by atoms with Gasteiger partial charge in [-0.05, 0) is 30.4 Å². The van der Waals surface area contributed by atoms with Gasteiger partial charge >= 0.3 is 0 Å². The maximum atomic E-state index is 12.9. The van der Waals surface area contributed by atoms with Gasteiger partial charge in [-0.15, -0.1) is 11.6 Å². The summed E-state index contributed by atoms with van der Waals surface area (Å²) >= 11 is 5.48. The molecule has 1 unspecified atom stereocenters. The van der Waals surface area contributed by atoms with Crippen LogP contribution in [0.15, 0.2) is 12.1 Å². The molecule has 0 fully saturated rings. The van der Waals surface area contributed by atoms with Crippen molar-refractivity contribution < 1.29 is 23.4 Å². The molecule has 0 aliphatic heterocycles. The minimum atomic E-state index is -3.02. The van der Waals surface area contributed by atoms with Crippen LogP contribution in [-0.2, 0) is 16.1 Å². The highest BCUT2D eigenvalue weighted by molar-refractivity contribution is 7.18. The molecule has 0 heterocycles. The van der Waals surface area contributed by atoms with Crippen molar-refractivity contribution in [2.24, 2.45) is 0 Å². The van der Waals surface area contributed by atoms with Crippen LogP contribution in [0.5, 0.6) is 5.75 Å². The number of phenolic OH excluding ortho intramolecular Hbond substituents is 1. The zero-order chi connectivity index (χ0) is 18.3. The van der Waals surface area contributed by atoms with Gasteiger partial charge in [-0.1, -0.05) is 23.1 Å². The second kappa shape index (κ2) is 9.50. The highest BCUT2D eigenvalue weighted by Gasteiger charge is 2.22. The third-order valence-electron chi connectivity index (χ3n) is 3.63. The number of carbonyl (C=O) groups excluding carboxylic acids is 1. The van der Waals surface area contributed by atoms with Gasteiger partial charge in [0.25, 0.3) is 5.66 Å². The molecule has 0 aliphatic carbocycles. The lowest BCUT2D eigenvalue weighted by Crippen LogP contribution is -2.17. The third-order valence-corrected chi connectivity index (χ3v) is 4.03. The van der Waals surface area contributed by atoms with Gasteiger partial charge in [0.15, 0.2) is 0 Å². The zero-order valence-corrected chi connectivity index (χ0v) is 15.7. The minimum absolute atomic E-state index is 0.0497. The van der Waals surface area contributed by atoms with Crippen molar-refractivity contribution in [1.82, 2.24) is 0 Å². The van der Waals surface area contributed by atoms with E-state index >= 15 is 0 Å². The summed E-state index contributed by atoms with van der Waals surface area (Å²) in [4.78, 5) is 11.5. The molecule has 1 atom stereocenters. The van der Waals surface area contributed by atoms with Gasteiger partial charge in [-0.2, -0.15) is 8.78 Å². The topological polar surface area (TPSA) is 58.6 Å². The molecule has 0 aliphatic rings. The fourth-order valence-corrected chi connectivity index (χ4v) is 2.61. The van der Waals surface area contributed by atoms with Gasteiger partial charge < -0.3 is 15.2 Å². The van der Waals surface area contributed by atoms with E-state index in [0.717, 1.165) is 12.8 Å². The lowest BCUT2D eigenvalue weighted by Gasteiger charge is -2.19. The Morgan fingerprint density at radius 2 is 2.04 bits per heavy atom. The summed E-state index contributed by atoms with van der Waals surface area (Å²) in [5, 5.41) is 12.8. The van der Waals surface area contributed by atoms with Crippen molar-refractivity contribution in [1.29, 1.82) is 0 Å². The predicted molar refractivity (Wildman–Crippen MR) is 95.1 cm³/mol. The molecule has 24 heavy (non-hydrogen) atoms. The van der Waals surface area contributed by atoms with Gasteiger partial charge in [-0.25, -0.2) is 0 Å². The SMILES string of the molecule is CCC(CC)c1cc(COCC(F)(F)P)c(NC(=O)CCl)cc1O. The van der Waals surface area contributed by atoms with Crippen LogP contribution in [0.2, 0.25) is 0 Å². The second-order valence-corrected chi connectivity index (χ2v) is 6.63.